The van der Waals surface area contributed by atoms with Gasteiger partial charge in [0.15, 0.2) is 0 Å². The molecule has 0 spiro atoms. The second kappa shape index (κ2) is 5.40. The highest BCUT2D eigenvalue weighted by atomic mass is 79.9. The van der Waals surface area contributed by atoms with Crippen LogP contribution in [-0.2, 0) is 0 Å². The number of aryl methyl sites for hydroxylation is 1. The van der Waals surface area contributed by atoms with Crippen molar-refractivity contribution < 1.29 is 9.21 Å². The fraction of sp³-hybridized carbons (Fsp3) is 0.214. The van der Waals surface area contributed by atoms with Crippen LogP contribution in [0.15, 0.2) is 45.5 Å². The fourth-order valence-corrected chi connectivity index (χ4v) is 1.99. The largest absolute Gasteiger partial charge is 0.469 e. The number of furan rings is 1. The summed E-state index contributed by atoms with van der Waals surface area (Å²) in [7, 11) is 0. The molecule has 1 unspecified atom stereocenters. The minimum absolute atomic E-state index is 0.0418. The first-order chi connectivity index (χ1) is 8.58. The third-order valence-electron chi connectivity index (χ3n) is 2.82. The van der Waals surface area contributed by atoms with Crippen LogP contribution in [0.5, 0.6) is 0 Å². The zero-order valence-corrected chi connectivity index (χ0v) is 11.8. The van der Waals surface area contributed by atoms with Gasteiger partial charge in [-0.1, -0.05) is 28.1 Å². The highest BCUT2D eigenvalue weighted by Crippen LogP contribution is 2.17. The Balaban J connectivity index is 2.08. The van der Waals surface area contributed by atoms with Gasteiger partial charge in [0.2, 0.25) is 0 Å². The van der Waals surface area contributed by atoms with Gasteiger partial charge in [-0.15, -0.1) is 0 Å². The van der Waals surface area contributed by atoms with E-state index in [9.17, 15) is 4.79 Å². The summed E-state index contributed by atoms with van der Waals surface area (Å²) in [6, 6.07) is 9.52. The second-order valence-corrected chi connectivity index (χ2v) is 5.05. The lowest BCUT2D eigenvalue weighted by molar-refractivity contribution is 0.0938. The molecule has 0 aliphatic rings. The van der Waals surface area contributed by atoms with Gasteiger partial charge >= 0.3 is 0 Å². The molecule has 0 aliphatic heterocycles. The van der Waals surface area contributed by atoms with Crippen molar-refractivity contribution in [2.45, 2.75) is 19.9 Å². The number of hydrogen-bond donors (Lipinski definition) is 1. The molecule has 0 saturated carbocycles. The summed E-state index contributed by atoms with van der Waals surface area (Å²) in [5.74, 6) is 0.521. The summed E-state index contributed by atoms with van der Waals surface area (Å²) in [4.78, 5) is 12.0. The number of nitrogens with one attached hydrogen (secondary N) is 1. The molecule has 1 N–H and O–H groups in total. The van der Waals surface area contributed by atoms with Crippen LogP contribution < -0.4 is 5.32 Å². The van der Waals surface area contributed by atoms with Crippen molar-refractivity contribution in [3.8, 4) is 0 Å². The second-order valence-electron chi connectivity index (χ2n) is 4.14. The lowest BCUT2D eigenvalue weighted by Crippen LogP contribution is -2.26. The average Bonchev–Trinajstić information content (AvgIpc) is 2.76. The quantitative estimate of drug-likeness (QED) is 0.936. The zero-order valence-electron chi connectivity index (χ0n) is 10.2. The van der Waals surface area contributed by atoms with E-state index in [1.807, 2.05) is 31.2 Å². The Morgan fingerprint density at radius 3 is 2.50 bits per heavy atom. The van der Waals surface area contributed by atoms with Crippen LogP contribution in [0.3, 0.4) is 0 Å². The predicted molar refractivity (Wildman–Crippen MR) is 73.5 cm³/mol. The topological polar surface area (TPSA) is 42.2 Å². The summed E-state index contributed by atoms with van der Waals surface area (Å²) in [5.41, 5.74) is 1.65. The van der Waals surface area contributed by atoms with Crippen LogP contribution in [0.25, 0.3) is 0 Å². The Hall–Kier alpha value is -1.55. The molecule has 4 heteroatoms. The predicted octanol–water partition coefficient (Wildman–Crippen LogP) is 3.84. The van der Waals surface area contributed by atoms with Crippen molar-refractivity contribution in [1.82, 2.24) is 5.32 Å². The van der Waals surface area contributed by atoms with Gasteiger partial charge in [0.25, 0.3) is 5.91 Å². The van der Waals surface area contributed by atoms with E-state index in [4.69, 9.17) is 4.42 Å². The van der Waals surface area contributed by atoms with Gasteiger partial charge in [0.05, 0.1) is 17.9 Å². The molecule has 1 aromatic carbocycles. The van der Waals surface area contributed by atoms with E-state index >= 15 is 0 Å². The molecular weight excluding hydrogens is 294 g/mol. The number of carbonyl (C=O) groups excluding carboxylic acids is 1. The summed E-state index contributed by atoms with van der Waals surface area (Å²) >= 11 is 3.39. The van der Waals surface area contributed by atoms with E-state index in [1.54, 1.807) is 13.0 Å². The lowest BCUT2D eigenvalue weighted by Gasteiger charge is -2.14. The molecule has 2 rings (SSSR count). The van der Waals surface area contributed by atoms with Crippen molar-refractivity contribution in [1.29, 1.82) is 0 Å². The van der Waals surface area contributed by atoms with Crippen molar-refractivity contribution in [3.63, 3.8) is 0 Å². The smallest absolute Gasteiger partial charge is 0.255 e. The molecule has 94 valence electrons. The highest BCUT2D eigenvalue weighted by molar-refractivity contribution is 9.10. The Kier molecular flexibility index (Phi) is 3.87. The Morgan fingerprint density at radius 1 is 1.28 bits per heavy atom. The van der Waals surface area contributed by atoms with Gasteiger partial charge in [0, 0.05) is 4.47 Å². The van der Waals surface area contributed by atoms with E-state index in [2.05, 4.69) is 21.2 Å². The summed E-state index contributed by atoms with van der Waals surface area (Å²) in [6.07, 6.45) is 1.52. The van der Waals surface area contributed by atoms with Crippen molar-refractivity contribution in [2.24, 2.45) is 0 Å². The fourth-order valence-electron chi connectivity index (χ4n) is 1.73. The maximum Gasteiger partial charge on any atom is 0.255 e. The van der Waals surface area contributed by atoms with E-state index in [0.29, 0.717) is 11.3 Å². The molecule has 0 aliphatic carbocycles. The van der Waals surface area contributed by atoms with Crippen molar-refractivity contribution in [3.05, 3.63) is 58.0 Å². The number of rotatable bonds is 3. The van der Waals surface area contributed by atoms with Crippen LogP contribution in [-0.4, -0.2) is 5.91 Å². The van der Waals surface area contributed by atoms with Crippen LogP contribution in [0.2, 0.25) is 0 Å². The normalized spacial score (nSPS) is 12.2. The third-order valence-corrected chi connectivity index (χ3v) is 3.35. The number of carbonyl (C=O) groups is 1. The van der Waals surface area contributed by atoms with Crippen LogP contribution in [0.1, 0.15) is 34.6 Å². The molecule has 1 atom stereocenters. The minimum atomic E-state index is -0.114. The number of halogens is 1. The molecule has 2 aromatic rings. The van der Waals surface area contributed by atoms with Gasteiger partial charge < -0.3 is 9.73 Å². The molecule has 0 radical (unpaired) electrons. The molecular formula is C14H14BrNO2. The SMILES string of the molecule is Cc1occc1C(=O)NC(C)c1ccc(Br)cc1. The number of benzene rings is 1. The van der Waals surface area contributed by atoms with Gasteiger partial charge in [-0.05, 0) is 37.6 Å². The molecule has 0 bridgehead atoms. The van der Waals surface area contributed by atoms with E-state index in [-0.39, 0.29) is 11.9 Å². The minimum Gasteiger partial charge on any atom is -0.469 e. The van der Waals surface area contributed by atoms with E-state index in [0.717, 1.165) is 10.0 Å². The third kappa shape index (κ3) is 2.82. The maximum atomic E-state index is 12.0. The first-order valence-corrected chi connectivity index (χ1v) is 6.47. The van der Waals surface area contributed by atoms with Gasteiger partial charge in [-0.2, -0.15) is 0 Å². The highest BCUT2D eigenvalue weighted by Gasteiger charge is 2.14. The van der Waals surface area contributed by atoms with Crippen LogP contribution in [0.4, 0.5) is 0 Å². The first-order valence-electron chi connectivity index (χ1n) is 5.68. The molecule has 0 saturated heterocycles. The Bertz CT molecular complexity index is 545. The monoisotopic (exact) mass is 307 g/mol. The molecule has 1 amide bonds. The average molecular weight is 308 g/mol. The van der Waals surface area contributed by atoms with Crippen molar-refractivity contribution in [2.75, 3.05) is 0 Å². The summed E-state index contributed by atoms with van der Waals surface area (Å²) in [5, 5.41) is 2.94. The van der Waals surface area contributed by atoms with Gasteiger partial charge in [-0.25, -0.2) is 0 Å². The summed E-state index contributed by atoms with van der Waals surface area (Å²) < 4.78 is 6.15. The Morgan fingerprint density at radius 2 is 1.94 bits per heavy atom. The molecule has 0 fully saturated rings. The van der Waals surface area contributed by atoms with E-state index in [1.165, 1.54) is 6.26 Å². The molecule has 3 nitrogen and oxygen atoms in total. The summed E-state index contributed by atoms with van der Waals surface area (Å²) in [6.45, 7) is 3.73. The van der Waals surface area contributed by atoms with Crippen LogP contribution >= 0.6 is 15.9 Å². The van der Waals surface area contributed by atoms with Gasteiger partial charge in [0.1, 0.15) is 5.76 Å². The molecule has 1 heterocycles. The Labute approximate surface area is 114 Å². The van der Waals surface area contributed by atoms with Gasteiger partial charge in [-0.3, -0.25) is 4.79 Å². The first kappa shape index (κ1) is 12.9. The standard InChI is InChI=1S/C14H14BrNO2/c1-9(11-3-5-12(15)6-4-11)16-14(17)13-7-8-18-10(13)2/h3-9H,1-2H3,(H,16,17). The van der Waals surface area contributed by atoms with Crippen molar-refractivity contribution >= 4 is 21.8 Å². The zero-order chi connectivity index (χ0) is 13.1. The molecule has 18 heavy (non-hydrogen) atoms. The lowest BCUT2D eigenvalue weighted by atomic mass is 10.1. The number of amides is 1. The number of hydrogen-bond acceptors (Lipinski definition) is 2. The molecule has 1 aromatic heterocycles. The van der Waals surface area contributed by atoms with E-state index < -0.39 is 0 Å². The maximum absolute atomic E-state index is 12.0. The van der Waals surface area contributed by atoms with Crippen LogP contribution in [0, 0.1) is 6.92 Å².